The number of hydrogen-bond acceptors (Lipinski definition) is 6. The SMILES string of the molecule is CCCn1c(=O)n2c(-c3ccncc3)nnc2c2[nH]c(COCc3ccccc3)nc21. The Hall–Kier alpha value is -3.85. The summed E-state index contributed by atoms with van der Waals surface area (Å²) in [6, 6.07) is 13.6. The maximum absolute atomic E-state index is 13.3. The second-order valence-corrected chi connectivity index (χ2v) is 7.21. The minimum Gasteiger partial charge on any atom is -0.369 e. The number of aromatic amines is 1. The number of nitrogens with zero attached hydrogens (tertiary/aromatic N) is 6. The van der Waals surface area contributed by atoms with Gasteiger partial charge in [0.1, 0.15) is 17.9 Å². The molecule has 0 aliphatic rings. The van der Waals surface area contributed by atoms with E-state index in [0.29, 0.717) is 48.2 Å². The van der Waals surface area contributed by atoms with Gasteiger partial charge in [0.2, 0.25) is 0 Å². The molecule has 0 radical (unpaired) electrons. The van der Waals surface area contributed by atoms with Crippen LogP contribution in [0, 0.1) is 0 Å². The van der Waals surface area contributed by atoms with Gasteiger partial charge in [-0.25, -0.2) is 14.2 Å². The van der Waals surface area contributed by atoms with Crippen molar-refractivity contribution in [3.8, 4) is 11.4 Å². The Morgan fingerprint density at radius 3 is 2.58 bits per heavy atom. The molecule has 9 nitrogen and oxygen atoms in total. The number of rotatable bonds is 7. The number of pyridine rings is 1. The molecule has 5 aromatic rings. The van der Waals surface area contributed by atoms with Gasteiger partial charge >= 0.3 is 5.69 Å². The fourth-order valence-corrected chi connectivity index (χ4v) is 3.62. The molecule has 0 unspecified atom stereocenters. The van der Waals surface area contributed by atoms with Crippen molar-refractivity contribution in [3.05, 3.63) is 76.7 Å². The number of imidazole rings is 1. The van der Waals surface area contributed by atoms with Gasteiger partial charge in [-0.3, -0.25) is 9.55 Å². The normalized spacial score (nSPS) is 11.5. The lowest BCUT2D eigenvalue weighted by Gasteiger charge is -2.07. The summed E-state index contributed by atoms with van der Waals surface area (Å²) in [6.07, 6.45) is 4.12. The van der Waals surface area contributed by atoms with Crippen molar-refractivity contribution in [1.29, 1.82) is 0 Å². The quantitative estimate of drug-likeness (QED) is 0.438. The first-order chi connectivity index (χ1) is 15.3. The van der Waals surface area contributed by atoms with Gasteiger partial charge in [-0.15, -0.1) is 10.2 Å². The first-order valence-electron chi connectivity index (χ1n) is 10.1. The molecule has 4 aromatic heterocycles. The van der Waals surface area contributed by atoms with Crippen LogP contribution >= 0.6 is 0 Å². The van der Waals surface area contributed by atoms with E-state index in [1.165, 1.54) is 4.40 Å². The largest absolute Gasteiger partial charge is 0.369 e. The summed E-state index contributed by atoms with van der Waals surface area (Å²) < 4.78 is 9.01. The number of ether oxygens (including phenoxy) is 1. The summed E-state index contributed by atoms with van der Waals surface area (Å²) in [5.41, 5.74) is 3.31. The van der Waals surface area contributed by atoms with Crippen LogP contribution in [0.4, 0.5) is 0 Å². The molecule has 0 bridgehead atoms. The van der Waals surface area contributed by atoms with Crippen LogP contribution in [0.5, 0.6) is 0 Å². The Bertz CT molecular complexity index is 1390. The number of fused-ring (bicyclic) bond motifs is 3. The smallest absolute Gasteiger partial charge is 0.337 e. The lowest BCUT2D eigenvalue weighted by molar-refractivity contribution is 0.102. The van der Waals surface area contributed by atoms with E-state index in [1.807, 2.05) is 37.3 Å². The van der Waals surface area contributed by atoms with Gasteiger partial charge in [0.15, 0.2) is 17.1 Å². The molecule has 0 aliphatic carbocycles. The number of H-pyrrole nitrogens is 1. The third-order valence-electron chi connectivity index (χ3n) is 5.03. The second kappa shape index (κ2) is 8.11. The summed E-state index contributed by atoms with van der Waals surface area (Å²) >= 11 is 0. The van der Waals surface area contributed by atoms with E-state index >= 15 is 0 Å². The van der Waals surface area contributed by atoms with Gasteiger partial charge < -0.3 is 9.72 Å². The molecule has 1 aromatic carbocycles. The standard InChI is InChI=1S/C22H21N7O2/c1-2-12-28-20-18(24-17(25-20)14-31-13-15-6-4-3-5-7-15)21-27-26-19(29(21)22(28)30)16-8-10-23-11-9-16/h3-11H,2,12-14H2,1H3,(H,24,25). The van der Waals surface area contributed by atoms with E-state index in [1.54, 1.807) is 29.1 Å². The van der Waals surface area contributed by atoms with E-state index in [-0.39, 0.29) is 5.69 Å². The van der Waals surface area contributed by atoms with E-state index < -0.39 is 0 Å². The van der Waals surface area contributed by atoms with Crippen LogP contribution in [0.25, 0.3) is 28.2 Å². The molecule has 0 atom stereocenters. The van der Waals surface area contributed by atoms with Crippen LogP contribution in [0.15, 0.2) is 59.7 Å². The predicted octanol–water partition coefficient (Wildman–Crippen LogP) is 2.96. The Labute approximate surface area is 177 Å². The third kappa shape index (κ3) is 3.49. The van der Waals surface area contributed by atoms with Crippen molar-refractivity contribution in [2.45, 2.75) is 33.1 Å². The summed E-state index contributed by atoms with van der Waals surface area (Å²) in [5.74, 6) is 1.11. The molecule has 0 aliphatic heterocycles. The summed E-state index contributed by atoms with van der Waals surface area (Å²) in [7, 11) is 0. The van der Waals surface area contributed by atoms with Crippen molar-refractivity contribution in [2.24, 2.45) is 0 Å². The second-order valence-electron chi connectivity index (χ2n) is 7.21. The lowest BCUT2D eigenvalue weighted by atomic mass is 10.2. The zero-order valence-corrected chi connectivity index (χ0v) is 17.0. The number of aromatic nitrogens is 7. The lowest BCUT2D eigenvalue weighted by Crippen LogP contribution is -2.27. The molecule has 0 spiro atoms. The van der Waals surface area contributed by atoms with Crippen LogP contribution in [0.3, 0.4) is 0 Å². The van der Waals surface area contributed by atoms with Crippen LogP contribution in [0.2, 0.25) is 0 Å². The molecule has 1 N–H and O–H groups in total. The molecule has 156 valence electrons. The number of hydrogen-bond donors (Lipinski definition) is 1. The topological polar surface area (TPSA) is 103 Å². The number of benzene rings is 1. The molecule has 9 heteroatoms. The molecule has 5 rings (SSSR count). The predicted molar refractivity (Wildman–Crippen MR) is 115 cm³/mol. The molecule has 31 heavy (non-hydrogen) atoms. The van der Waals surface area contributed by atoms with Crippen LogP contribution in [-0.2, 0) is 24.5 Å². The van der Waals surface area contributed by atoms with E-state index in [9.17, 15) is 4.79 Å². The Morgan fingerprint density at radius 1 is 1.00 bits per heavy atom. The highest BCUT2D eigenvalue weighted by molar-refractivity contribution is 5.86. The van der Waals surface area contributed by atoms with Crippen molar-refractivity contribution in [2.75, 3.05) is 0 Å². The van der Waals surface area contributed by atoms with Gasteiger partial charge in [0.05, 0.1) is 6.61 Å². The minimum absolute atomic E-state index is 0.218. The first-order valence-corrected chi connectivity index (χ1v) is 10.1. The Kier molecular flexibility index (Phi) is 5.01. The zero-order chi connectivity index (χ0) is 21.2. The highest BCUT2D eigenvalue weighted by atomic mass is 16.5. The fraction of sp³-hybridized carbons (Fsp3) is 0.227. The fourth-order valence-electron chi connectivity index (χ4n) is 3.62. The van der Waals surface area contributed by atoms with E-state index in [0.717, 1.165) is 17.5 Å². The molecule has 4 heterocycles. The molecule has 0 fully saturated rings. The molecular weight excluding hydrogens is 394 g/mol. The average molecular weight is 415 g/mol. The summed E-state index contributed by atoms with van der Waals surface area (Å²) in [5, 5.41) is 8.58. The number of aryl methyl sites for hydroxylation is 1. The first kappa shape index (κ1) is 19.1. The highest BCUT2D eigenvalue weighted by Gasteiger charge is 2.20. The van der Waals surface area contributed by atoms with Gasteiger partial charge in [0.25, 0.3) is 0 Å². The van der Waals surface area contributed by atoms with Crippen molar-refractivity contribution in [1.82, 2.24) is 34.1 Å². The van der Waals surface area contributed by atoms with E-state index in [2.05, 4.69) is 25.1 Å². The Morgan fingerprint density at radius 2 is 1.81 bits per heavy atom. The zero-order valence-electron chi connectivity index (χ0n) is 17.0. The van der Waals surface area contributed by atoms with Crippen LogP contribution in [-0.4, -0.2) is 34.1 Å². The maximum Gasteiger partial charge on any atom is 0.337 e. The van der Waals surface area contributed by atoms with E-state index in [4.69, 9.17) is 4.74 Å². The van der Waals surface area contributed by atoms with Crippen molar-refractivity contribution >= 4 is 16.8 Å². The molecule has 0 saturated carbocycles. The van der Waals surface area contributed by atoms with Crippen LogP contribution in [0.1, 0.15) is 24.7 Å². The Balaban J connectivity index is 1.57. The van der Waals surface area contributed by atoms with Crippen molar-refractivity contribution in [3.63, 3.8) is 0 Å². The van der Waals surface area contributed by atoms with Gasteiger partial charge in [0, 0.05) is 24.5 Å². The minimum atomic E-state index is -0.218. The molecule has 0 saturated heterocycles. The number of nitrogens with one attached hydrogen (secondary N) is 1. The maximum atomic E-state index is 13.3. The summed E-state index contributed by atoms with van der Waals surface area (Å²) in [6.45, 7) is 3.33. The molecular formula is C22H21N7O2. The highest BCUT2D eigenvalue weighted by Crippen LogP contribution is 2.21. The molecule has 0 amide bonds. The third-order valence-corrected chi connectivity index (χ3v) is 5.03. The average Bonchev–Trinajstić information content (AvgIpc) is 3.43. The van der Waals surface area contributed by atoms with Crippen LogP contribution < -0.4 is 5.69 Å². The van der Waals surface area contributed by atoms with Crippen molar-refractivity contribution < 1.29 is 4.74 Å². The monoisotopic (exact) mass is 415 g/mol. The van der Waals surface area contributed by atoms with Gasteiger partial charge in [-0.2, -0.15) is 0 Å². The van der Waals surface area contributed by atoms with Gasteiger partial charge in [-0.05, 0) is 24.1 Å². The summed E-state index contributed by atoms with van der Waals surface area (Å²) in [4.78, 5) is 25.3. The van der Waals surface area contributed by atoms with Gasteiger partial charge in [-0.1, -0.05) is 37.3 Å².